The van der Waals surface area contributed by atoms with Gasteiger partial charge in [0, 0.05) is 172 Å². The molecule has 15 aromatic rings. The van der Waals surface area contributed by atoms with Crippen LogP contribution in [0.3, 0.4) is 0 Å². The predicted molar refractivity (Wildman–Crippen MR) is 421 cm³/mol. The van der Waals surface area contributed by atoms with Gasteiger partial charge >= 0.3 is 0 Å². The summed E-state index contributed by atoms with van der Waals surface area (Å²) in [5.41, 5.74) is 14.5. The molecule has 22 nitrogen and oxygen atoms in total. The standard InChI is InChI=1S/C85H74F6N16O6S/c1-85(16-19-102-42-60(33-95-102)50-2-11-81-75(38-98-105(81)44-50)56-20-53(72-8-5-63(86)30-78(72)89)23-66(25-56)93-36-70(109)48-108)112-49-71(113-85)37-94-67-24-54(73-9-6-64(87)31-79(73)90)21-57(26-67)76-39-99-106-45-51(3-12-82(76)106)61-34-96-103(43-61)41-59-29-84(59)114(110,111)101-68-27-55(74-10-7-65(88)32-80(74)91)22-58(28-68)77-40-100-107-46-52(4-13-83(77)107)62-35-97-104(47-62)69-14-17-92-18-15-69/h2-13,20-28,30-35,38-40,42-47,59,69-71,84,92-94,101,108-109H,14-19,29,36-37,41,48-49H2,1H3. The Kier molecular flexibility index (Phi) is 19.3. The number of anilines is 3. The van der Waals surface area contributed by atoms with Gasteiger partial charge in [-0.2, -0.15) is 30.6 Å². The zero-order valence-electron chi connectivity index (χ0n) is 61.2. The molecule has 6 N–H and O–H groups in total. The number of aromatic nitrogens is 12. The van der Waals surface area contributed by atoms with Gasteiger partial charge in [-0.3, -0.25) is 18.8 Å². The van der Waals surface area contributed by atoms with E-state index in [9.17, 15) is 31.8 Å². The van der Waals surface area contributed by atoms with E-state index in [0.29, 0.717) is 88.8 Å². The molecule has 11 heterocycles. The minimum Gasteiger partial charge on any atom is -0.394 e. The minimum absolute atomic E-state index is 0.0344. The highest BCUT2D eigenvalue weighted by atomic mass is 32.2. The number of fused-ring (bicyclic) bond motifs is 3. The molecule has 5 atom stereocenters. The number of piperidine rings is 1. The van der Waals surface area contributed by atoms with Crippen molar-refractivity contribution in [2.24, 2.45) is 5.92 Å². The van der Waals surface area contributed by atoms with Crippen LogP contribution in [0.25, 0.3) is 117 Å². The highest BCUT2D eigenvalue weighted by Crippen LogP contribution is 2.43. The van der Waals surface area contributed by atoms with Crippen LogP contribution in [-0.2, 0) is 32.6 Å². The third-order valence-electron chi connectivity index (χ3n) is 21.6. The van der Waals surface area contributed by atoms with Gasteiger partial charge in [0.15, 0.2) is 5.79 Å². The van der Waals surface area contributed by atoms with E-state index >= 15 is 13.2 Å². The van der Waals surface area contributed by atoms with Gasteiger partial charge in [-0.25, -0.2) is 48.3 Å². The molecule has 0 spiro atoms. The van der Waals surface area contributed by atoms with Crippen LogP contribution in [-0.4, -0.2) is 139 Å². The summed E-state index contributed by atoms with van der Waals surface area (Å²) in [6.45, 7) is 4.70. The van der Waals surface area contributed by atoms with Crippen molar-refractivity contribution in [3.8, 4) is 100 Å². The van der Waals surface area contributed by atoms with E-state index in [-0.39, 0.29) is 47.6 Å². The van der Waals surface area contributed by atoms with Gasteiger partial charge in [0.05, 0.1) is 84.3 Å². The topological polar surface area (TPSA) is 247 Å². The number of hydrogen-bond acceptors (Lipinski definition) is 15. The zero-order chi connectivity index (χ0) is 78.1. The Hall–Kier alpha value is -12.3. The van der Waals surface area contributed by atoms with E-state index in [1.54, 1.807) is 85.6 Å². The van der Waals surface area contributed by atoms with Crippen molar-refractivity contribution in [2.75, 3.05) is 54.7 Å². The lowest BCUT2D eigenvalue weighted by molar-refractivity contribution is -0.158. The predicted octanol–water partition coefficient (Wildman–Crippen LogP) is 15.2. The van der Waals surface area contributed by atoms with Gasteiger partial charge in [-0.05, 0) is 188 Å². The molecule has 1 aliphatic carbocycles. The maximum Gasteiger partial charge on any atom is 0.235 e. The molecule has 114 heavy (non-hydrogen) atoms. The van der Waals surface area contributed by atoms with E-state index in [4.69, 9.17) is 14.6 Å². The number of sulfonamides is 1. The number of benzene rings is 6. The normalized spacial score (nSPS) is 17.5. The Labute approximate surface area is 648 Å². The van der Waals surface area contributed by atoms with E-state index in [2.05, 4.69) is 52.4 Å². The maximum atomic E-state index is 15.7. The molecule has 9 aromatic heterocycles. The van der Waals surface area contributed by atoms with Crippen LogP contribution in [0.2, 0.25) is 0 Å². The molecule has 18 rings (SSSR count). The molecular weight excluding hydrogens is 1490 g/mol. The van der Waals surface area contributed by atoms with Crippen molar-refractivity contribution in [1.29, 1.82) is 0 Å². The van der Waals surface area contributed by atoms with E-state index in [0.717, 1.165) is 111 Å². The fraction of sp³-hybridized carbons (Fsp3) is 0.224. The van der Waals surface area contributed by atoms with Gasteiger partial charge in [0.1, 0.15) is 41.0 Å². The number of halogens is 6. The Bertz CT molecular complexity index is 6310. The van der Waals surface area contributed by atoms with Crippen molar-refractivity contribution in [3.63, 3.8) is 0 Å². The van der Waals surface area contributed by atoms with Crippen molar-refractivity contribution >= 4 is 43.6 Å². The van der Waals surface area contributed by atoms with Crippen molar-refractivity contribution in [3.05, 3.63) is 255 Å². The van der Waals surface area contributed by atoms with Crippen molar-refractivity contribution in [2.45, 2.75) is 75.0 Å². The molecule has 0 radical (unpaired) electrons. The molecule has 6 aromatic carbocycles. The number of aliphatic hydroxyl groups excluding tert-OH is 2. The number of nitrogens with one attached hydrogen (secondary N) is 4. The van der Waals surface area contributed by atoms with Crippen LogP contribution < -0.4 is 20.7 Å². The number of ether oxygens (including phenoxy) is 2. The van der Waals surface area contributed by atoms with Crippen molar-refractivity contribution in [1.82, 2.24) is 63.5 Å². The van der Waals surface area contributed by atoms with Crippen LogP contribution >= 0.6 is 0 Å². The second-order valence-electron chi connectivity index (χ2n) is 29.5. The first-order chi connectivity index (χ1) is 55.2. The third kappa shape index (κ3) is 15.1. The quantitative estimate of drug-likeness (QED) is 0.0291. The lowest BCUT2D eigenvalue weighted by atomic mass is 9.98. The third-order valence-corrected chi connectivity index (χ3v) is 23.5. The second-order valence-corrected chi connectivity index (χ2v) is 31.4. The first-order valence-electron chi connectivity index (χ1n) is 37.4. The van der Waals surface area contributed by atoms with Gasteiger partial charge in [0.25, 0.3) is 0 Å². The average molecular weight is 1560 g/mol. The van der Waals surface area contributed by atoms with Crippen LogP contribution in [0.1, 0.15) is 38.6 Å². The molecule has 2 saturated heterocycles. The molecule has 3 aliphatic rings. The summed E-state index contributed by atoms with van der Waals surface area (Å²) in [4.78, 5) is 0. The van der Waals surface area contributed by atoms with Crippen LogP contribution in [0, 0.1) is 40.8 Å². The van der Waals surface area contributed by atoms with Gasteiger partial charge in [-0.15, -0.1) is 0 Å². The molecule has 0 bridgehead atoms. The molecule has 3 fully saturated rings. The van der Waals surface area contributed by atoms with E-state index in [1.807, 2.05) is 108 Å². The average Bonchev–Trinajstić information content (AvgIpc) is 1.61. The first kappa shape index (κ1) is 73.2. The van der Waals surface area contributed by atoms with E-state index < -0.39 is 68.7 Å². The molecule has 29 heteroatoms. The lowest BCUT2D eigenvalue weighted by Crippen LogP contribution is -2.30. The van der Waals surface area contributed by atoms with E-state index in [1.165, 1.54) is 30.3 Å². The fourth-order valence-electron chi connectivity index (χ4n) is 15.4. The molecule has 5 unspecified atom stereocenters. The number of nitrogens with zero attached hydrogens (tertiary/aromatic N) is 12. The van der Waals surface area contributed by atoms with Gasteiger partial charge in [0.2, 0.25) is 10.0 Å². The summed E-state index contributed by atoms with van der Waals surface area (Å²) in [6, 6.07) is 38.0. The first-order valence-corrected chi connectivity index (χ1v) is 39.0. The minimum atomic E-state index is -4.01. The molecule has 0 amide bonds. The highest BCUT2D eigenvalue weighted by Gasteiger charge is 2.48. The van der Waals surface area contributed by atoms with Crippen LogP contribution in [0.15, 0.2) is 220 Å². The molecule has 2 aliphatic heterocycles. The Morgan fingerprint density at radius 1 is 0.509 bits per heavy atom. The van der Waals surface area contributed by atoms with Gasteiger partial charge in [-0.1, -0.05) is 18.2 Å². The Morgan fingerprint density at radius 3 is 1.46 bits per heavy atom. The second kappa shape index (κ2) is 30.0. The van der Waals surface area contributed by atoms with Crippen molar-refractivity contribution < 1.29 is 54.4 Å². The Balaban J connectivity index is 0.522. The zero-order valence-corrected chi connectivity index (χ0v) is 62.0. The summed E-state index contributed by atoms with van der Waals surface area (Å²) in [5.74, 6) is -5.67. The summed E-state index contributed by atoms with van der Waals surface area (Å²) >= 11 is 0. The number of pyridine rings is 3. The largest absolute Gasteiger partial charge is 0.394 e. The summed E-state index contributed by atoms with van der Waals surface area (Å²) in [6.07, 6.45) is 23.3. The molecule has 578 valence electrons. The SMILES string of the molecule is CC1(CCn2cc(-c3ccc4c(-c5cc(NCC(O)CO)cc(-c6ccc(F)cc6F)c5)cnn4c3)cn2)OCC(CNc2cc(-c3ccc(F)cc3F)cc(-c3cnn4cc(-c5cnn(CC6CC6S(=O)(=O)Nc6cc(-c7ccc(F)cc7F)cc(-c7cnn8cc(-c9cnn(C%10CCNCC%10)c9)ccc78)c6)c5)ccc34)c2)O1. The highest BCUT2D eigenvalue weighted by molar-refractivity contribution is 7.93. The maximum absolute atomic E-state index is 15.7. The number of rotatable bonds is 25. The number of aryl methyl sites for hydroxylation is 1. The fourth-order valence-corrected chi connectivity index (χ4v) is 17.1. The van der Waals surface area contributed by atoms with Crippen LogP contribution in [0.4, 0.5) is 43.4 Å². The summed E-state index contributed by atoms with van der Waals surface area (Å²) in [5, 5.41) is 56.8. The van der Waals surface area contributed by atoms with Gasteiger partial charge < -0.3 is 35.6 Å². The summed E-state index contributed by atoms with van der Waals surface area (Å²) < 4.78 is 144. The monoisotopic (exact) mass is 1560 g/mol. The summed E-state index contributed by atoms with van der Waals surface area (Å²) in [7, 11) is -4.01. The molecule has 1 saturated carbocycles. The van der Waals surface area contributed by atoms with Crippen LogP contribution in [0.5, 0.6) is 0 Å². The Morgan fingerprint density at radius 2 is 0.965 bits per heavy atom. The molecular formula is C85H74F6N16O6S. The lowest BCUT2D eigenvalue weighted by Gasteiger charge is -2.23. The smallest absolute Gasteiger partial charge is 0.235 e. The number of hydrogen-bond donors (Lipinski definition) is 6. The number of aliphatic hydroxyl groups is 2.